The Hall–Kier alpha value is -2.11. The third kappa shape index (κ3) is 3.19. The summed E-state index contributed by atoms with van der Waals surface area (Å²) in [5.74, 6) is -3.49. The van der Waals surface area contributed by atoms with Crippen LogP contribution in [0.5, 0.6) is 5.75 Å². The highest BCUT2D eigenvalue weighted by Gasteiger charge is 2.45. The van der Waals surface area contributed by atoms with Gasteiger partial charge in [-0.2, -0.15) is 4.39 Å². The number of hydrogen-bond donors (Lipinski definition) is 4. The molecule has 5 unspecified atom stereocenters. The van der Waals surface area contributed by atoms with Crippen molar-refractivity contribution in [2.24, 2.45) is 0 Å². The van der Waals surface area contributed by atoms with E-state index in [2.05, 4.69) is 0 Å². The Morgan fingerprint density at radius 3 is 2.41 bits per heavy atom. The number of aliphatic hydroxyl groups is 4. The first-order valence-corrected chi connectivity index (χ1v) is 8.06. The average Bonchev–Trinajstić information content (AvgIpc) is 2.64. The van der Waals surface area contributed by atoms with Crippen LogP contribution in [0.3, 0.4) is 0 Å². The summed E-state index contributed by atoms with van der Waals surface area (Å²) in [6, 6.07) is 0.906. The Balaban J connectivity index is 2.05. The number of fused-ring (bicyclic) bond motifs is 1. The lowest BCUT2D eigenvalue weighted by atomic mass is 9.99. The Labute approximate surface area is 151 Å². The van der Waals surface area contributed by atoms with E-state index in [1.54, 1.807) is 0 Å². The van der Waals surface area contributed by atoms with E-state index in [-0.39, 0.29) is 10.9 Å². The Morgan fingerprint density at radius 1 is 1.11 bits per heavy atom. The number of hydrogen-bond acceptors (Lipinski definition) is 8. The van der Waals surface area contributed by atoms with Crippen LogP contribution in [0, 0.1) is 25.5 Å². The first kappa shape index (κ1) is 19.6. The molecule has 1 aliphatic heterocycles. The summed E-state index contributed by atoms with van der Waals surface area (Å²) >= 11 is 0. The molecule has 3 rings (SSSR count). The van der Waals surface area contributed by atoms with Crippen LogP contribution in [0.25, 0.3) is 11.0 Å². The monoisotopic (exact) mass is 388 g/mol. The topological polar surface area (TPSA) is 130 Å². The minimum atomic E-state index is -1.86. The molecule has 0 amide bonds. The fourth-order valence-electron chi connectivity index (χ4n) is 2.88. The van der Waals surface area contributed by atoms with Crippen molar-refractivity contribution >= 4 is 11.0 Å². The smallest absolute Gasteiger partial charge is 0.339 e. The molecule has 1 aliphatic rings. The molecular weight excluding hydrogens is 370 g/mol. The van der Waals surface area contributed by atoms with Gasteiger partial charge >= 0.3 is 5.63 Å². The summed E-state index contributed by atoms with van der Waals surface area (Å²) in [5.41, 5.74) is -0.810. The number of benzene rings is 1. The van der Waals surface area contributed by atoms with Crippen LogP contribution in [-0.4, -0.2) is 57.7 Å². The standard InChI is InChI=1S/C17H18F2O8/c1-5-6(2)16(24)26-14-7(5)3-8(18)15(10(14)19)27-17-13(23)12(22)11(21)9(4-20)25-17/h3,9,11-13,17,20-23H,4H2,1-2H3. The second-order valence-electron chi connectivity index (χ2n) is 6.33. The van der Waals surface area contributed by atoms with E-state index in [0.29, 0.717) is 5.56 Å². The molecule has 8 nitrogen and oxygen atoms in total. The van der Waals surface area contributed by atoms with Gasteiger partial charge in [0.15, 0.2) is 17.1 Å². The first-order chi connectivity index (χ1) is 12.7. The van der Waals surface area contributed by atoms with Crippen LogP contribution in [0.15, 0.2) is 15.3 Å². The van der Waals surface area contributed by atoms with Gasteiger partial charge in [-0.25, -0.2) is 9.18 Å². The predicted octanol–water partition coefficient (Wildman–Crippen LogP) is -0.133. The summed E-state index contributed by atoms with van der Waals surface area (Å²) < 4.78 is 44.2. The molecule has 1 fully saturated rings. The van der Waals surface area contributed by atoms with E-state index >= 15 is 0 Å². The van der Waals surface area contributed by atoms with Crippen molar-refractivity contribution in [1.29, 1.82) is 0 Å². The molecule has 2 aromatic rings. The molecule has 27 heavy (non-hydrogen) atoms. The number of ether oxygens (including phenoxy) is 2. The van der Waals surface area contributed by atoms with Crippen molar-refractivity contribution in [2.75, 3.05) is 6.61 Å². The maximum Gasteiger partial charge on any atom is 0.339 e. The van der Waals surface area contributed by atoms with Crippen molar-refractivity contribution in [3.8, 4) is 5.75 Å². The predicted molar refractivity (Wildman–Crippen MR) is 86.3 cm³/mol. The van der Waals surface area contributed by atoms with Gasteiger partial charge in [-0.15, -0.1) is 0 Å². The summed E-state index contributed by atoms with van der Waals surface area (Å²) in [5, 5.41) is 38.6. The van der Waals surface area contributed by atoms with Crippen LogP contribution in [0.2, 0.25) is 0 Å². The summed E-state index contributed by atoms with van der Waals surface area (Å²) in [7, 11) is 0. The van der Waals surface area contributed by atoms with E-state index < -0.39 is 65.9 Å². The Bertz CT molecular complexity index is 926. The van der Waals surface area contributed by atoms with Gasteiger partial charge in [0.05, 0.1) is 6.61 Å². The number of aliphatic hydroxyl groups excluding tert-OH is 4. The molecule has 0 spiro atoms. The molecule has 5 atom stereocenters. The van der Waals surface area contributed by atoms with Gasteiger partial charge in [0.2, 0.25) is 12.1 Å². The maximum atomic E-state index is 14.8. The zero-order valence-electron chi connectivity index (χ0n) is 14.3. The van der Waals surface area contributed by atoms with Crippen LogP contribution >= 0.6 is 0 Å². The average molecular weight is 388 g/mol. The normalized spacial score (nSPS) is 28.5. The molecule has 1 saturated heterocycles. The van der Waals surface area contributed by atoms with Gasteiger partial charge in [0, 0.05) is 10.9 Å². The van der Waals surface area contributed by atoms with Crippen LogP contribution < -0.4 is 10.4 Å². The van der Waals surface area contributed by atoms with Gasteiger partial charge < -0.3 is 34.3 Å². The zero-order valence-corrected chi connectivity index (χ0v) is 14.3. The van der Waals surface area contributed by atoms with E-state index in [4.69, 9.17) is 19.0 Å². The van der Waals surface area contributed by atoms with E-state index in [0.717, 1.165) is 6.07 Å². The largest absolute Gasteiger partial charge is 0.456 e. The van der Waals surface area contributed by atoms with E-state index in [1.165, 1.54) is 13.8 Å². The molecule has 0 radical (unpaired) electrons. The second-order valence-corrected chi connectivity index (χ2v) is 6.33. The maximum absolute atomic E-state index is 14.8. The third-order valence-corrected chi connectivity index (χ3v) is 4.68. The molecule has 0 aliphatic carbocycles. The van der Waals surface area contributed by atoms with Gasteiger partial charge in [-0.1, -0.05) is 0 Å². The van der Waals surface area contributed by atoms with E-state index in [1.807, 2.05) is 0 Å². The molecule has 0 bridgehead atoms. The van der Waals surface area contributed by atoms with Gasteiger partial charge in [-0.05, 0) is 25.5 Å². The number of aryl methyl sites for hydroxylation is 1. The van der Waals surface area contributed by atoms with Crippen LogP contribution in [-0.2, 0) is 4.74 Å². The quantitative estimate of drug-likeness (QED) is 0.535. The van der Waals surface area contributed by atoms with Crippen molar-refractivity contribution in [2.45, 2.75) is 44.6 Å². The van der Waals surface area contributed by atoms with Gasteiger partial charge in [0.25, 0.3) is 0 Å². The lowest BCUT2D eigenvalue weighted by Crippen LogP contribution is -2.60. The lowest BCUT2D eigenvalue weighted by molar-refractivity contribution is -0.278. The molecular formula is C17H18F2O8. The van der Waals surface area contributed by atoms with Crippen LogP contribution in [0.1, 0.15) is 11.1 Å². The Morgan fingerprint density at radius 2 is 1.78 bits per heavy atom. The highest BCUT2D eigenvalue weighted by atomic mass is 19.1. The third-order valence-electron chi connectivity index (χ3n) is 4.68. The summed E-state index contributed by atoms with van der Waals surface area (Å²) in [6.07, 6.45) is -8.40. The number of halogens is 2. The highest BCUT2D eigenvalue weighted by molar-refractivity contribution is 5.83. The van der Waals surface area contributed by atoms with Crippen molar-refractivity contribution in [3.05, 3.63) is 39.2 Å². The van der Waals surface area contributed by atoms with Gasteiger partial charge in [0.1, 0.15) is 24.4 Å². The molecule has 1 aromatic carbocycles. The molecule has 10 heteroatoms. The zero-order chi connectivity index (χ0) is 20.0. The van der Waals surface area contributed by atoms with Crippen LogP contribution in [0.4, 0.5) is 8.78 Å². The lowest BCUT2D eigenvalue weighted by Gasteiger charge is -2.39. The molecule has 148 valence electrons. The van der Waals surface area contributed by atoms with Gasteiger partial charge in [-0.3, -0.25) is 0 Å². The molecule has 0 saturated carbocycles. The first-order valence-electron chi connectivity index (χ1n) is 8.06. The summed E-state index contributed by atoms with van der Waals surface area (Å²) in [4.78, 5) is 11.8. The summed E-state index contributed by atoms with van der Waals surface area (Å²) in [6.45, 7) is 2.22. The molecule has 4 N–H and O–H groups in total. The fraction of sp³-hybridized carbons (Fsp3) is 0.471. The number of rotatable bonds is 3. The Kier molecular flexibility index (Phi) is 5.19. The molecule has 1 aromatic heterocycles. The van der Waals surface area contributed by atoms with E-state index in [9.17, 15) is 28.9 Å². The minimum absolute atomic E-state index is 0.0308. The highest BCUT2D eigenvalue weighted by Crippen LogP contribution is 2.33. The minimum Gasteiger partial charge on any atom is -0.456 e. The SMILES string of the molecule is Cc1c(C)c2cc(F)c(OC3OC(CO)C(O)C(O)C3O)c(F)c2oc1=O. The van der Waals surface area contributed by atoms with Crippen molar-refractivity contribution < 1.29 is 43.1 Å². The molecule has 2 heterocycles. The van der Waals surface area contributed by atoms with Crippen molar-refractivity contribution in [3.63, 3.8) is 0 Å². The fourth-order valence-corrected chi connectivity index (χ4v) is 2.88. The van der Waals surface area contributed by atoms with Crippen molar-refractivity contribution in [1.82, 2.24) is 0 Å². The second kappa shape index (κ2) is 7.13.